The lowest BCUT2D eigenvalue weighted by Gasteiger charge is -2.29. The van der Waals surface area contributed by atoms with Gasteiger partial charge in [-0.05, 0) is 62.7 Å². The zero-order chi connectivity index (χ0) is 22.2. The highest BCUT2D eigenvalue weighted by Gasteiger charge is 2.21. The number of aromatic nitrogens is 2. The Morgan fingerprint density at radius 3 is 2.69 bits per heavy atom. The molecule has 1 atom stereocenters. The number of Topliss-reactive ketones (excluding diaryl/α,β-unsaturated/α-hetero) is 1. The first-order chi connectivity index (χ1) is 15.5. The van der Waals surface area contributed by atoms with Gasteiger partial charge in [0.1, 0.15) is 0 Å². The maximum atomic E-state index is 12.9. The molecule has 7 heteroatoms. The van der Waals surface area contributed by atoms with E-state index in [1.807, 2.05) is 48.7 Å². The highest BCUT2D eigenvalue weighted by Crippen LogP contribution is 2.31. The highest BCUT2D eigenvalue weighted by molar-refractivity contribution is 7.23. The third kappa shape index (κ3) is 3.94. The fourth-order valence-electron chi connectivity index (χ4n) is 4.57. The van der Waals surface area contributed by atoms with E-state index in [9.17, 15) is 9.59 Å². The van der Waals surface area contributed by atoms with Gasteiger partial charge in [0.15, 0.2) is 10.7 Å². The molecular formula is C25H26N4O2S. The minimum atomic E-state index is -0.103. The summed E-state index contributed by atoms with van der Waals surface area (Å²) in [6, 6.07) is 13.4. The van der Waals surface area contributed by atoms with Crippen molar-refractivity contribution in [3.8, 4) is 11.3 Å². The number of rotatable bonds is 5. The van der Waals surface area contributed by atoms with Crippen LogP contribution in [-0.4, -0.2) is 53.2 Å². The van der Waals surface area contributed by atoms with Crippen LogP contribution in [0.2, 0.25) is 0 Å². The second-order valence-corrected chi connectivity index (χ2v) is 9.63. The fourth-order valence-corrected chi connectivity index (χ4v) is 5.62. The average molecular weight is 447 g/mol. The number of imidazole rings is 1. The zero-order valence-corrected chi connectivity index (χ0v) is 19.1. The highest BCUT2D eigenvalue weighted by atomic mass is 32.1. The summed E-state index contributed by atoms with van der Waals surface area (Å²) in [4.78, 5) is 32.6. The number of likely N-dealkylation sites (tertiary alicyclic amines) is 1. The number of thiazole rings is 1. The molecule has 6 nitrogen and oxygen atoms in total. The minimum absolute atomic E-state index is 0.103. The number of carbonyl (C=O) groups is 2. The molecule has 32 heavy (non-hydrogen) atoms. The van der Waals surface area contributed by atoms with Crippen molar-refractivity contribution in [2.45, 2.75) is 19.3 Å². The SMILES string of the molecule is CNC(=O)c1ccc(-c2cn3c(n2)sc2cc(C(=O)C[C@H]4CCCN(C)C4)ccc23)cc1. The lowest BCUT2D eigenvalue weighted by Crippen LogP contribution is -2.33. The number of hydrogen-bond donors (Lipinski definition) is 1. The van der Waals surface area contributed by atoms with Gasteiger partial charge in [0.25, 0.3) is 5.91 Å². The van der Waals surface area contributed by atoms with Gasteiger partial charge < -0.3 is 10.2 Å². The van der Waals surface area contributed by atoms with Gasteiger partial charge in [0.2, 0.25) is 0 Å². The summed E-state index contributed by atoms with van der Waals surface area (Å²) >= 11 is 1.59. The minimum Gasteiger partial charge on any atom is -0.355 e. The quantitative estimate of drug-likeness (QED) is 0.459. The van der Waals surface area contributed by atoms with E-state index in [2.05, 4.69) is 21.7 Å². The summed E-state index contributed by atoms with van der Waals surface area (Å²) in [5.41, 5.74) is 4.30. The van der Waals surface area contributed by atoms with Crippen LogP contribution in [0.1, 0.15) is 40.0 Å². The molecule has 1 amide bonds. The molecule has 2 aromatic heterocycles. The smallest absolute Gasteiger partial charge is 0.251 e. The van der Waals surface area contributed by atoms with E-state index in [1.54, 1.807) is 18.4 Å². The Balaban J connectivity index is 1.38. The Bertz CT molecular complexity index is 1300. The number of carbonyl (C=O) groups excluding carboxylic acids is 2. The number of hydrogen-bond acceptors (Lipinski definition) is 5. The van der Waals surface area contributed by atoms with Gasteiger partial charge in [-0.3, -0.25) is 14.0 Å². The van der Waals surface area contributed by atoms with Crippen molar-refractivity contribution in [3.63, 3.8) is 0 Å². The van der Waals surface area contributed by atoms with Gasteiger partial charge in [0, 0.05) is 42.9 Å². The van der Waals surface area contributed by atoms with Crippen molar-refractivity contribution in [2.75, 3.05) is 27.2 Å². The van der Waals surface area contributed by atoms with Crippen LogP contribution in [-0.2, 0) is 0 Å². The third-order valence-corrected chi connectivity index (χ3v) is 7.30. The molecule has 1 N–H and O–H groups in total. The summed E-state index contributed by atoms with van der Waals surface area (Å²) in [6.07, 6.45) is 4.95. The predicted octanol–water partition coefficient (Wildman–Crippen LogP) is 4.49. The van der Waals surface area contributed by atoms with Crippen molar-refractivity contribution in [3.05, 3.63) is 59.8 Å². The van der Waals surface area contributed by atoms with Crippen molar-refractivity contribution in [1.82, 2.24) is 19.6 Å². The standard InChI is InChI=1S/C25H26N4O2S/c1-26-24(31)18-7-5-17(6-8-18)20-15-29-21-10-9-19(13-23(21)32-25(29)27-20)22(30)12-16-4-3-11-28(2)14-16/h5-10,13,15-16H,3-4,11-12,14H2,1-2H3,(H,26,31)/t16-/m1/s1. The Kier molecular flexibility index (Phi) is 5.53. The lowest BCUT2D eigenvalue weighted by atomic mass is 9.91. The predicted molar refractivity (Wildman–Crippen MR) is 129 cm³/mol. The molecule has 0 bridgehead atoms. The summed E-state index contributed by atoms with van der Waals surface area (Å²) in [5, 5.41) is 2.63. The van der Waals surface area contributed by atoms with Gasteiger partial charge in [-0.15, -0.1) is 0 Å². The first-order valence-electron chi connectivity index (χ1n) is 11.0. The van der Waals surface area contributed by atoms with Gasteiger partial charge in [0.05, 0.1) is 15.9 Å². The van der Waals surface area contributed by atoms with Crippen molar-refractivity contribution in [2.24, 2.45) is 5.92 Å². The van der Waals surface area contributed by atoms with Crippen LogP contribution in [0.5, 0.6) is 0 Å². The summed E-state index contributed by atoms with van der Waals surface area (Å²) < 4.78 is 3.15. The number of amides is 1. The molecule has 2 aromatic carbocycles. The zero-order valence-electron chi connectivity index (χ0n) is 18.3. The molecule has 4 aromatic rings. The summed E-state index contributed by atoms with van der Waals surface area (Å²) in [6.45, 7) is 2.14. The molecule has 1 fully saturated rings. The molecule has 5 rings (SSSR count). The number of fused-ring (bicyclic) bond motifs is 3. The van der Waals surface area contributed by atoms with Crippen molar-refractivity contribution in [1.29, 1.82) is 0 Å². The average Bonchev–Trinajstić information content (AvgIpc) is 3.36. The monoisotopic (exact) mass is 446 g/mol. The Labute approximate surface area is 190 Å². The van der Waals surface area contributed by atoms with E-state index >= 15 is 0 Å². The van der Waals surface area contributed by atoms with Crippen LogP contribution in [0.15, 0.2) is 48.7 Å². The normalized spacial score (nSPS) is 17.1. The second-order valence-electron chi connectivity index (χ2n) is 8.62. The van der Waals surface area contributed by atoms with Crippen molar-refractivity contribution < 1.29 is 9.59 Å². The number of nitrogens with one attached hydrogen (secondary N) is 1. The van der Waals surface area contributed by atoms with Gasteiger partial charge in [-0.25, -0.2) is 4.98 Å². The topological polar surface area (TPSA) is 66.7 Å². The first kappa shape index (κ1) is 20.8. The van der Waals surface area contributed by atoms with E-state index in [1.165, 1.54) is 6.42 Å². The van der Waals surface area contributed by atoms with Gasteiger partial charge in [-0.2, -0.15) is 0 Å². The number of benzene rings is 2. The second kappa shape index (κ2) is 8.48. The molecule has 0 aliphatic carbocycles. The Morgan fingerprint density at radius 2 is 1.94 bits per heavy atom. The van der Waals surface area contributed by atoms with Gasteiger partial charge in [-0.1, -0.05) is 23.5 Å². The van der Waals surface area contributed by atoms with E-state index in [-0.39, 0.29) is 11.7 Å². The third-order valence-electron chi connectivity index (χ3n) is 6.28. The molecule has 1 aliphatic heterocycles. The molecular weight excluding hydrogens is 420 g/mol. The number of ketones is 1. The summed E-state index contributed by atoms with van der Waals surface area (Å²) in [5.74, 6) is 0.583. The fraction of sp³-hybridized carbons (Fsp3) is 0.320. The van der Waals surface area contributed by atoms with Crippen LogP contribution < -0.4 is 5.32 Å². The van der Waals surface area contributed by atoms with Crippen LogP contribution in [0.25, 0.3) is 26.4 Å². The lowest BCUT2D eigenvalue weighted by molar-refractivity contribution is 0.0928. The maximum absolute atomic E-state index is 12.9. The molecule has 1 aliphatic rings. The molecule has 0 spiro atoms. The van der Waals surface area contributed by atoms with E-state index < -0.39 is 0 Å². The Morgan fingerprint density at radius 1 is 1.16 bits per heavy atom. The van der Waals surface area contributed by atoms with Crippen LogP contribution in [0, 0.1) is 5.92 Å². The van der Waals surface area contributed by atoms with E-state index in [0.717, 1.165) is 51.5 Å². The van der Waals surface area contributed by atoms with Gasteiger partial charge >= 0.3 is 0 Å². The molecule has 164 valence electrons. The first-order valence-corrected chi connectivity index (χ1v) is 11.8. The molecule has 3 heterocycles. The van der Waals surface area contributed by atoms with E-state index in [0.29, 0.717) is 17.9 Å². The van der Waals surface area contributed by atoms with Crippen LogP contribution >= 0.6 is 11.3 Å². The maximum Gasteiger partial charge on any atom is 0.251 e. The number of nitrogens with zero attached hydrogens (tertiary/aromatic N) is 3. The largest absolute Gasteiger partial charge is 0.355 e. The van der Waals surface area contributed by atoms with Crippen LogP contribution in [0.3, 0.4) is 0 Å². The Hall–Kier alpha value is -3.03. The molecule has 1 saturated heterocycles. The molecule has 0 unspecified atom stereocenters. The number of piperidine rings is 1. The molecule has 0 radical (unpaired) electrons. The van der Waals surface area contributed by atoms with E-state index in [4.69, 9.17) is 4.98 Å². The summed E-state index contributed by atoms with van der Waals surface area (Å²) in [7, 11) is 3.76. The van der Waals surface area contributed by atoms with Crippen molar-refractivity contribution >= 4 is 38.2 Å². The molecule has 0 saturated carbocycles. The van der Waals surface area contributed by atoms with Crippen LogP contribution in [0.4, 0.5) is 0 Å².